The van der Waals surface area contributed by atoms with Gasteiger partial charge in [0.25, 0.3) is 0 Å². The standard InChI is InChI=1S/C19H13FN4O/c20-13-8-6-11(7-9-13)15-14(10-21)18(22)25-19-16(15)17(23-24-19)12-4-2-1-3-5-12/h1-9,15H,22H2,(H,23,24). The number of aromatic nitrogens is 2. The number of nitriles is 1. The summed E-state index contributed by atoms with van der Waals surface area (Å²) in [4.78, 5) is 0. The van der Waals surface area contributed by atoms with Crippen LogP contribution in [0.15, 0.2) is 66.1 Å². The van der Waals surface area contributed by atoms with Crippen LogP contribution >= 0.6 is 0 Å². The first-order valence-electron chi connectivity index (χ1n) is 7.65. The first-order valence-corrected chi connectivity index (χ1v) is 7.65. The van der Waals surface area contributed by atoms with Gasteiger partial charge in [-0.05, 0) is 23.3 Å². The van der Waals surface area contributed by atoms with Gasteiger partial charge < -0.3 is 10.5 Å². The van der Waals surface area contributed by atoms with Crippen molar-refractivity contribution in [1.29, 1.82) is 5.26 Å². The summed E-state index contributed by atoms with van der Waals surface area (Å²) < 4.78 is 18.9. The van der Waals surface area contributed by atoms with Crippen LogP contribution in [0.1, 0.15) is 17.0 Å². The van der Waals surface area contributed by atoms with Crippen LogP contribution in [0.25, 0.3) is 11.3 Å². The lowest BCUT2D eigenvalue weighted by molar-refractivity contribution is 0.379. The van der Waals surface area contributed by atoms with Crippen molar-refractivity contribution in [3.63, 3.8) is 0 Å². The van der Waals surface area contributed by atoms with Gasteiger partial charge in [0, 0.05) is 0 Å². The van der Waals surface area contributed by atoms with Crippen molar-refractivity contribution >= 4 is 0 Å². The first-order chi connectivity index (χ1) is 12.2. The Kier molecular flexibility index (Phi) is 3.47. The Morgan fingerprint density at radius 1 is 1.12 bits per heavy atom. The van der Waals surface area contributed by atoms with Crippen LogP contribution in [0.5, 0.6) is 5.88 Å². The van der Waals surface area contributed by atoms with Crippen molar-refractivity contribution in [3.05, 3.63) is 83.0 Å². The molecule has 0 spiro atoms. The molecule has 2 aromatic carbocycles. The number of nitrogens with zero attached hydrogens (tertiary/aromatic N) is 2. The molecule has 4 rings (SSSR count). The zero-order chi connectivity index (χ0) is 17.4. The second kappa shape index (κ2) is 5.80. The normalized spacial score (nSPS) is 16.1. The minimum Gasteiger partial charge on any atom is -0.420 e. The molecule has 0 bridgehead atoms. The second-order valence-electron chi connectivity index (χ2n) is 5.66. The van der Waals surface area contributed by atoms with Crippen LogP contribution in [0.4, 0.5) is 4.39 Å². The van der Waals surface area contributed by atoms with Crippen molar-refractivity contribution in [3.8, 4) is 23.2 Å². The molecular formula is C19H13FN4O. The molecule has 1 atom stereocenters. The van der Waals surface area contributed by atoms with E-state index in [9.17, 15) is 9.65 Å². The SMILES string of the molecule is N#CC1=C(N)Oc2n[nH]c(-c3ccccc3)c2C1c1ccc(F)cc1. The van der Waals surface area contributed by atoms with E-state index in [-0.39, 0.29) is 17.3 Å². The lowest BCUT2D eigenvalue weighted by atomic mass is 9.83. The molecule has 25 heavy (non-hydrogen) atoms. The van der Waals surface area contributed by atoms with E-state index in [0.717, 1.165) is 16.8 Å². The average molecular weight is 332 g/mol. The molecule has 3 aromatic rings. The van der Waals surface area contributed by atoms with Crippen LogP contribution in [-0.2, 0) is 0 Å². The summed E-state index contributed by atoms with van der Waals surface area (Å²) in [6, 6.07) is 17.7. The zero-order valence-electron chi connectivity index (χ0n) is 13.0. The first kappa shape index (κ1) is 15.0. The Morgan fingerprint density at radius 2 is 1.84 bits per heavy atom. The molecule has 3 N–H and O–H groups in total. The topological polar surface area (TPSA) is 87.7 Å². The Balaban J connectivity index is 1.95. The molecule has 1 aromatic heterocycles. The average Bonchev–Trinajstić information content (AvgIpc) is 3.05. The number of halogens is 1. The van der Waals surface area contributed by atoms with E-state index in [4.69, 9.17) is 10.5 Å². The summed E-state index contributed by atoms with van der Waals surface area (Å²) in [5.41, 5.74) is 9.29. The molecule has 0 aliphatic carbocycles. The number of nitrogens with two attached hydrogens (primary N) is 1. The summed E-state index contributed by atoms with van der Waals surface area (Å²) in [6.07, 6.45) is 0. The maximum absolute atomic E-state index is 13.3. The number of fused-ring (bicyclic) bond motifs is 1. The number of aromatic amines is 1. The fourth-order valence-corrected chi connectivity index (χ4v) is 3.06. The van der Waals surface area contributed by atoms with Gasteiger partial charge in [-0.3, -0.25) is 5.10 Å². The highest BCUT2D eigenvalue weighted by atomic mass is 19.1. The molecule has 0 radical (unpaired) electrons. The zero-order valence-corrected chi connectivity index (χ0v) is 13.0. The van der Waals surface area contributed by atoms with Crippen LogP contribution < -0.4 is 10.5 Å². The minimum atomic E-state index is -0.483. The largest absolute Gasteiger partial charge is 0.420 e. The molecule has 0 saturated heterocycles. The van der Waals surface area contributed by atoms with E-state index in [2.05, 4.69) is 16.3 Å². The Morgan fingerprint density at radius 3 is 2.52 bits per heavy atom. The van der Waals surface area contributed by atoms with Gasteiger partial charge in [-0.1, -0.05) is 42.5 Å². The molecule has 1 aliphatic heterocycles. The summed E-state index contributed by atoms with van der Waals surface area (Å²) in [5.74, 6) is -0.495. The van der Waals surface area contributed by atoms with Crippen molar-refractivity contribution in [2.75, 3.05) is 0 Å². The number of allylic oxidation sites excluding steroid dienone is 1. The Bertz CT molecular complexity index is 1000. The Labute approximate surface area is 143 Å². The molecule has 6 heteroatoms. The van der Waals surface area contributed by atoms with E-state index >= 15 is 0 Å². The van der Waals surface area contributed by atoms with Crippen molar-refractivity contribution in [1.82, 2.24) is 10.2 Å². The fourth-order valence-electron chi connectivity index (χ4n) is 3.06. The fraction of sp³-hybridized carbons (Fsp3) is 0.0526. The van der Waals surface area contributed by atoms with Crippen molar-refractivity contribution < 1.29 is 9.13 Å². The van der Waals surface area contributed by atoms with Gasteiger partial charge in [-0.15, -0.1) is 5.10 Å². The van der Waals surface area contributed by atoms with E-state index in [1.165, 1.54) is 12.1 Å². The van der Waals surface area contributed by atoms with Gasteiger partial charge in [-0.25, -0.2) is 4.39 Å². The van der Waals surface area contributed by atoms with Crippen LogP contribution in [0, 0.1) is 17.1 Å². The van der Waals surface area contributed by atoms with E-state index in [1.54, 1.807) is 12.1 Å². The van der Waals surface area contributed by atoms with Gasteiger partial charge in [-0.2, -0.15) is 5.26 Å². The number of hydrogen-bond donors (Lipinski definition) is 2. The number of rotatable bonds is 2. The summed E-state index contributed by atoms with van der Waals surface area (Å²) in [5, 5.41) is 16.8. The highest BCUT2D eigenvalue weighted by molar-refractivity contribution is 5.70. The van der Waals surface area contributed by atoms with Crippen molar-refractivity contribution in [2.45, 2.75) is 5.92 Å². The van der Waals surface area contributed by atoms with Gasteiger partial charge in [0.2, 0.25) is 11.8 Å². The lowest BCUT2D eigenvalue weighted by Crippen LogP contribution is -2.21. The minimum absolute atomic E-state index is 0.00966. The van der Waals surface area contributed by atoms with E-state index in [1.807, 2.05) is 30.3 Å². The monoisotopic (exact) mass is 332 g/mol. The molecule has 0 fully saturated rings. The van der Waals surface area contributed by atoms with Gasteiger partial charge in [0.15, 0.2) is 0 Å². The van der Waals surface area contributed by atoms with Gasteiger partial charge in [0.05, 0.1) is 17.2 Å². The third kappa shape index (κ3) is 2.42. The predicted octanol–water partition coefficient (Wildman–Crippen LogP) is 3.43. The molecular weight excluding hydrogens is 319 g/mol. The summed E-state index contributed by atoms with van der Waals surface area (Å²) in [7, 11) is 0. The summed E-state index contributed by atoms with van der Waals surface area (Å²) in [6.45, 7) is 0. The highest BCUT2D eigenvalue weighted by Gasteiger charge is 2.35. The van der Waals surface area contributed by atoms with Crippen LogP contribution in [0.3, 0.4) is 0 Å². The van der Waals surface area contributed by atoms with E-state index < -0.39 is 5.92 Å². The number of benzene rings is 2. The predicted molar refractivity (Wildman–Crippen MR) is 89.7 cm³/mol. The number of ether oxygens (including phenoxy) is 1. The maximum atomic E-state index is 13.3. The molecule has 122 valence electrons. The van der Waals surface area contributed by atoms with E-state index in [0.29, 0.717) is 11.4 Å². The van der Waals surface area contributed by atoms with Gasteiger partial charge >= 0.3 is 0 Å². The quantitative estimate of drug-likeness (QED) is 0.752. The number of hydrogen-bond acceptors (Lipinski definition) is 4. The molecule has 5 nitrogen and oxygen atoms in total. The molecule has 2 heterocycles. The van der Waals surface area contributed by atoms with Crippen LogP contribution in [0.2, 0.25) is 0 Å². The molecule has 1 unspecified atom stereocenters. The van der Waals surface area contributed by atoms with Crippen molar-refractivity contribution in [2.24, 2.45) is 5.73 Å². The molecule has 1 aliphatic rings. The summed E-state index contributed by atoms with van der Waals surface area (Å²) >= 11 is 0. The van der Waals surface area contributed by atoms with Gasteiger partial charge in [0.1, 0.15) is 17.5 Å². The highest BCUT2D eigenvalue weighted by Crippen LogP contribution is 2.45. The third-order valence-corrected chi connectivity index (χ3v) is 4.20. The number of H-pyrrole nitrogens is 1. The lowest BCUT2D eigenvalue weighted by Gasteiger charge is -2.24. The van der Waals surface area contributed by atoms with Crippen LogP contribution in [-0.4, -0.2) is 10.2 Å². The smallest absolute Gasteiger partial charge is 0.244 e. The molecule has 0 amide bonds. The maximum Gasteiger partial charge on any atom is 0.244 e. The third-order valence-electron chi connectivity index (χ3n) is 4.20. The second-order valence-corrected chi connectivity index (χ2v) is 5.66. The Hall–Kier alpha value is -3.59. The number of nitrogens with one attached hydrogen (secondary N) is 1. The molecule has 0 saturated carbocycles.